The zero-order valence-electron chi connectivity index (χ0n) is 17.3. The van der Waals surface area contributed by atoms with Crippen LogP contribution in [0.4, 0.5) is 0 Å². The molecule has 30 heavy (non-hydrogen) atoms. The topological polar surface area (TPSA) is 57.7 Å². The Balaban J connectivity index is 1.43. The molecule has 160 valence electrons. The summed E-state index contributed by atoms with van der Waals surface area (Å²) in [6, 6.07) is 13.3. The van der Waals surface area contributed by atoms with Gasteiger partial charge in [0.1, 0.15) is 0 Å². The molecule has 0 atom stereocenters. The van der Waals surface area contributed by atoms with Crippen molar-refractivity contribution in [3.63, 3.8) is 0 Å². The van der Waals surface area contributed by atoms with E-state index in [1.165, 1.54) is 21.9 Å². The summed E-state index contributed by atoms with van der Waals surface area (Å²) in [5.41, 5.74) is 4.25. The lowest BCUT2D eigenvalue weighted by molar-refractivity contribution is 0.0698. The number of benzene rings is 2. The molecule has 2 aromatic carbocycles. The molecule has 0 aromatic heterocycles. The van der Waals surface area contributed by atoms with Crippen LogP contribution in [0.5, 0.6) is 0 Å². The summed E-state index contributed by atoms with van der Waals surface area (Å²) in [6.45, 7) is 1.48. The van der Waals surface area contributed by atoms with Gasteiger partial charge in [0, 0.05) is 37.5 Å². The fourth-order valence-electron chi connectivity index (χ4n) is 4.29. The van der Waals surface area contributed by atoms with Gasteiger partial charge < -0.3 is 4.90 Å². The quantitative estimate of drug-likeness (QED) is 0.707. The highest BCUT2D eigenvalue weighted by Crippen LogP contribution is 2.26. The molecule has 5 nitrogen and oxygen atoms in total. The van der Waals surface area contributed by atoms with Crippen LogP contribution < -0.4 is 0 Å². The normalized spacial score (nSPS) is 17.6. The Labute approximate surface area is 183 Å². The van der Waals surface area contributed by atoms with E-state index < -0.39 is 10.0 Å². The number of fused-ring (bicyclic) bond motifs is 1. The van der Waals surface area contributed by atoms with E-state index in [1.807, 2.05) is 42.7 Å². The second kappa shape index (κ2) is 9.12. The fraction of sp³-hybridized carbons (Fsp3) is 0.435. The number of carbonyl (C=O) groups excluding carboxylic acids is 1. The van der Waals surface area contributed by atoms with Crippen LogP contribution in [0, 0.1) is 0 Å². The Bertz CT molecular complexity index is 1030. The van der Waals surface area contributed by atoms with Crippen LogP contribution >= 0.6 is 11.8 Å². The highest BCUT2D eigenvalue weighted by molar-refractivity contribution is 7.97. The monoisotopic (exact) mass is 444 g/mol. The molecule has 0 saturated carbocycles. The van der Waals surface area contributed by atoms with E-state index >= 15 is 0 Å². The van der Waals surface area contributed by atoms with Crippen molar-refractivity contribution in [1.82, 2.24) is 9.21 Å². The van der Waals surface area contributed by atoms with Gasteiger partial charge in [-0.1, -0.05) is 18.2 Å². The summed E-state index contributed by atoms with van der Waals surface area (Å²) in [7, 11) is -3.53. The van der Waals surface area contributed by atoms with Crippen molar-refractivity contribution in [2.45, 2.75) is 36.3 Å². The smallest absolute Gasteiger partial charge is 0.253 e. The van der Waals surface area contributed by atoms with Gasteiger partial charge in [0.25, 0.3) is 5.91 Å². The van der Waals surface area contributed by atoms with E-state index in [-0.39, 0.29) is 5.91 Å². The molecule has 7 heteroatoms. The summed E-state index contributed by atoms with van der Waals surface area (Å²) in [5.74, 6) is 0.845. The number of carbonyl (C=O) groups is 1. The van der Waals surface area contributed by atoms with Crippen molar-refractivity contribution in [1.29, 1.82) is 0 Å². The van der Waals surface area contributed by atoms with Crippen molar-refractivity contribution in [2.75, 3.05) is 32.4 Å². The molecule has 0 spiro atoms. The van der Waals surface area contributed by atoms with Gasteiger partial charge in [-0.05, 0) is 72.9 Å². The van der Waals surface area contributed by atoms with Crippen molar-refractivity contribution in [3.8, 4) is 0 Å². The molecule has 1 saturated heterocycles. The first-order chi connectivity index (χ1) is 14.5. The Hall–Kier alpha value is -1.83. The van der Waals surface area contributed by atoms with E-state index in [1.54, 1.807) is 22.7 Å². The maximum absolute atomic E-state index is 13.2. The first-order valence-electron chi connectivity index (χ1n) is 10.5. The fourth-order valence-corrected chi connectivity index (χ4v) is 6.28. The predicted octanol–water partition coefficient (Wildman–Crippen LogP) is 3.58. The SMILES string of the molecule is CSCc1cccc(C(=O)N2CCN(S(=O)(=O)c3ccc4c(c3)CCCC4)CC2)c1. The number of thioether (sulfide) groups is 1. The maximum atomic E-state index is 13.2. The van der Waals surface area contributed by atoms with Crippen LogP contribution in [0.1, 0.15) is 39.9 Å². The molecule has 0 unspecified atom stereocenters. The number of hydrogen-bond acceptors (Lipinski definition) is 4. The van der Waals surface area contributed by atoms with Gasteiger partial charge in [-0.15, -0.1) is 0 Å². The van der Waals surface area contributed by atoms with Crippen LogP contribution in [0.3, 0.4) is 0 Å². The molecule has 4 rings (SSSR count). The second-order valence-electron chi connectivity index (χ2n) is 7.97. The van der Waals surface area contributed by atoms with Gasteiger partial charge in [-0.25, -0.2) is 8.42 Å². The largest absolute Gasteiger partial charge is 0.336 e. The molecule has 1 amide bonds. The van der Waals surface area contributed by atoms with Crippen LogP contribution in [0.2, 0.25) is 0 Å². The molecule has 1 fully saturated rings. The van der Waals surface area contributed by atoms with Crippen LogP contribution in [-0.4, -0.2) is 56.0 Å². The number of sulfonamides is 1. The summed E-state index contributed by atoms with van der Waals surface area (Å²) in [4.78, 5) is 15.0. The average molecular weight is 445 g/mol. The molecule has 1 heterocycles. The number of hydrogen-bond donors (Lipinski definition) is 0. The van der Waals surface area contributed by atoms with E-state index in [4.69, 9.17) is 0 Å². The first kappa shape index (κ1) is 21.4. The highest BCUT2D eigenvalue weighted by atomic mass is 32.2. The van der Waals surface area contributed by atoms with Crippen LogP contribution in [0.15, 0.2) is 47.4 Å². The number of nitrogens with zero attached hydrogens (tertiary/aromatic N) is 2. The number of piperazine rings is 1. The van der Waals surface area contributed by atoms with E-state index in [9.17, 15) is 13.2 Å². The number of amides is 1. The number of aryl methyl sites for hydroxylation is 2. The van der Waals surface area contributed by atoms with Gasteiger partial charge in [-0.3, -0.25) is 4.79 Å². The molecule has 0 N–H and O–H groups in total. The van der Waals surface area contributed by atoms with Crippen molar-refractivity contribution in [3.05, 3.63) is 64.7 Å². The van der Waals surface area contributed by atoms with Crippen LogP contribution in [0.25, 0.3) is 0 Å². The van der Waals surface area contributed by atoms with Gasteiger partial charge in [0.2, 0.25) is 10.0 Å². The molecule has 1 aliphatic carbocycles. The Kier molecular flexibility index (Phi) is 6.51. The van der Waals surface area contributed by atoms with E-state index in [2.05, 4.69) is 0 Å². The third kappa shape index (κ3) is 4.43. The zero-order valence-corrected chi connectivity index (χ0v) is 19.0. The first-order valence-corrected chi connectivity index (χ1v) is 13.3. The molecule has 0 bridgehead atoms. The molecular weight excluding hydrogens is 416 g/mol. The second-order valence-corrected chi connectivity index (χ2v) is 10.8. The molecular formula is C23H28N2O3S2. The Morgan fingerprint density at radius 2 is 1.70 bits per heavy atom. The minimum Gasteiger partial charge on any atom is -0.336 e. The molecule has 2 aliphatic rings. The van der Waals surface area contributed by atoms with Gasteiger partial charge >= 0.3 is 0 Å². The van der Waals surface area contributed by atoms with Crippen LogP contribution in [-0.2, 0) is 28.6 Å². The lowest BCUT2D eigenvalue weighted by Crippen LogP contribution is -2.50. The third-order valence-electron chi connectivity index (χ3n) is 5.97. The van der Waals surface area contributed by atoms with Gasteiger partial charge in [0.05, 0.1) is 4.90 Å². The van der Waals surface area contributed by atoms with Gasteiger partial charge in [-0.2, -0.15) is 16.1 Å². The highest BCUT2D eigenvalue weighted by Gasteiger charge is 2.31. The number of rotatable bonds is 5. The standard InChI is InChI=1S/C23H28N2O3S2/c1-29-17-18-5-4-8-21(15-18)23(26)24-11-13-25(14-12-24)30(27,28)22-10-9-19-6-2-3-7-20(19)16-22/h4-5,8-10,15-16H,2-3,6-7,11-14,17H2,1H3. The Morgan fingerprint density at radius 1 is 0.967 bits per heavy atom. The summed E-state index contributed by atoms with van der Waals surface area (Å²) in [5, 5.41) is 0. The summed E-state index contributed by atoms with van der Waals surface area (Å²) >= 11 is 1.72. The minimum absolute atomic E-state index is 0.0243. The molecule has 0 radical (unpaired) electrons. The lowest BCUT2D eigenvalue weighted by atomic mass is 9.92. The summed E-state index contributed by atoms with van der Waals surface area (Å²) < 4.78 is 27.8. The lowest BCUT2D eigenvalue weighted by Gasteiger charge is -2.34. The molecule has 1 aliphatic heterocycles. The average Bonchev–Trinajstić information content (AvgIpc) is 2.79. The van der Waals surface area contributed by atoms with Crippen molar-refractivity contribution in [2.24, 2.45) is 0 Å². The predicted molar refractivity (Wildman–Crippen MR) is 121 cm³/mol. The zero-order chi connectivity index (χ0) is 21.1. The van der Waals surface area contributed by atoms with E-state index in [0.29, 0.717) is 36.6 Å². The minimum atomic E-state index is -3.53. The third-order valence-corrected chi connectivity index (χ3v) is 8.49. The summed E-state index contributed by atoms with van der Waals surface area (Å²) in [6.07, 6.45) is 6.33. The van der Waals surface area contributed by atoms with Gasteiger partial charge in [0.15, 0.2) is 0 Å². The molecule has 2 aromatic rings. The van der Waals surface area contributed by atoms with E-state index in [0.717, 1.165) is 30.6 Å². The maximum Gasteiger partial charge on any atom is 0.253 e. The van der Waals surface area contributed by atoms with Crippen molar-refractivity contribution < 1.29 is 13.2 Å². The Morgan fingerprint density at radius 3 is 2.43 bits per heavy atom. The van der Waals surface area contributed by atoms with Crippen molar-refractivity contribution >= 4 is 27.7 Å².